The van der Waals surface area contributed by atoms with E-state index >= 15 is 0 Å². The summed E-state index contributed by atoms with van der Waals surface area (Å²) < 4.78 is 4.51. The Bertz CT molecular complexity index is 432. The number of Topliss-reactive ketones (excluding diaryl/α,β-unsaturated/α-hetero) is 1. The van der Waals surface area contributed by atoms with E-state index in [1.807, 2.05) is 0 Å². The summed E-state index contributed by atoms with van der Waals surface area (Å²) in [5.74, 6) is -0.325. The molecular formula is C12H14ClNO3. The van der Waals surface area contributed by atoms with E-state index in [9.17, 15) is 9.59 Å². The third-order valence-electron chi connectivity index (χ3n) is 2.25. The van der Waals surface area contributed by atoms with E-state index in [0.29, 0.717) is 22.8 Å². The van der Waals surface area contributed by atoms with Crippen molar-refractivity contribution in [1.29, 1.82) is 0 Å². The van der Waals surface area contributed by atoms with E-state index in [0.717, 1.165) is 0 Å². The molecule has 1 aromatic rings. The molecule has 0 amide bonds. The smallest absolute Gasteiger partial charge is 0.307 e. The summed E-state index contributed by atoms with van der Waals surface area (Å²) in [4.78, 5) is 22.1. The number of benzene rings is 1. The molecule has 0 radical (unpaired) electrons. The van der Waals surface area contributed by atoms with Crippen molar-refractivity contribution in [2.24, 2.45) is 0 Å². The zero-order chi connectivity index (χ0) is 12.8. The Morgan fingerprint density at radius 2 is 2.12 bits per heavy atom. The maximum absolute atomic E-state index is 11.2. The number of halogens is 1. The van der Waals surface area contributed by atoms with Gasteiger partial charge in [0.25, 0.3) is 0 Å². The maximum atomic E-state index is 11.2. The first kappa shape index (κ1) is 13.5. The van der Waals surface area contributed by atoms with Gasteiger partial charge in [0.1, 0.15) is 0 Å². The predicted molar refractivity (Wildman–Crippen MR) is 66.6 cm³/mol. The standard InChI is InChI=1S/C12H14ClNO3/c1-8(15)9-3-4-10(13)11(7-9)14-6-5-12(16)17-2/h3-4,7,14H,5-6H2,1-2H3. The van der Waals surface area contributed by atoms with E-state index in [2.05, 4.69) is 10.1 Å². The lowest BCUT2D eigenvalue weighted by atomic mass is 10.1. The highest BCUT2D eigenvalue weighted by atomic mass is 35.5. The molecule has 0 aromatic heterocycles. The maximum Gasteiger partial charge on any atom is 0.307 e. The van der Waals surface area contributed by atoms with Gasteiger partial charge in [-0.2, -0.15) is 0 Å². The molecule has 0 spiro atoms. The molecule has 92 valence electrons. The molecule has 0 aliphatic rings. The predicted octanol–water partition coefficient (Wildman–Crippen LogP) is 2.52. The van der Waals surface area contributed by atoms with Crippen LogP contribution in [0.1, 0.15) is 23.7 Å². The second kappa shape index (κ2) is 6.25. The van der Waals surface area contributed by atoms with Crippen LogP contribution in [0.4, 0.5) is 5.69 Å². The summed E-state index contributed by atoms with van der Waals surface area (Å²) in [7, 11) is 1.34. The molecule has 1 N–H and O–H groups in total. The van der Waals surface area contributed by atoms with Crippen LogP contribution in [0.5, 0.6) is 0 Å². The Balaban J connectivity index is 2.66. The number of hydrogen-bond donors (Lipinski definition) is 1. The van der Waals surface area contributed by atoms with Gasteiger partial charge in [0, 0.05) is 12.1 Å². The molecule has 0 saturated heterocycles. The molecule has 5 heteroatoms. The van der Waals surface area contributed by atoms with E-state index in [1.165, 1.54) is 14.0 Å². The van der Waals surface area contributed by atoms with Gasteiger partial charge in [-0.1, -0.05) is 11.6 Å². The van der Waals surface area contributed by atoms with Crippen molar-refractivity contribution in [1.82, 2.24) is 0 Å². The van der Waals surface area contributed by atoms with Gasteiger partial charge in [0.05, 0.1) is 24.2 Å². The summed E-state index contributed by atoms with van der Waals surface area (Å²) in [6.45, 7) is 1.90. The van der Waals surface area contributed by atoms with Crippen LogP contribution in [0.25, 0.3) is 0 Å². The number of rotatable bonds is 5. The molecule has 0 heterocycles. The molecule has 0 fully saturated rings. The van der Waals surface area contributed by atoms with Crippen LogP contribution in [0.3, 0.4) is 0 Å². The molecule has 1 aromatic carbocycles. The van der Waals surface area contributed by atoms with Crippen LogP contribution in [0.15, 0.2) is 18.2 Å². The van der Waals surface area contributed by atoms with E-state index in [1.54, 1.807) is 18.2 Å². The normalized spacial score (nSPS) is 9.82. The minimum atomic E-state index is -0.295. The SMILES string of the molecule is COC(=O)CCNc1cc(C(C)=O)ccc1Cl. The van der Waals surface area contributed by atoms with Gasteiger partial charge in [-0.3, -0.25) is 9.59 Å². The van der Waals surface area contributed by atoms with Crippen molar-refractivity contribution >= 4 is 29.0 Å². The first-order valence-electron chi connectivity index (χ1n) is 5.15. The van der Waals surface area contributed by atoms with Crippen molar-refractivity contribution < 1.29 is 14.3 Å². The van der Waals surface area contributed by atoms with Crippen LogP contribution in [0, 0.1) is 0 Å². The molecule has 0 atom stereocenters. The molecule has 0 unspecified atom stereocenters. The van der Waals surface area contributed by atoms with E-state index in [4.69, 9.17) is 11.6 Å². The number of ketones is 1. The highest BCUT2D eigenvalue weighted by Gasteiger charge is 2.06. The molecule has 0 bridgehead atoms. The summed E-state index contributed by atoms with van der Waals surface area (Å²) in [5.41, 5.74) is 1.22. The van der Waals surface area contributed by atoms with Gasteiger partial charge in [0.15, 0.2) is 5.78 Å². The molecule has 4 nitrogen and oxygen atoms in total. The van der Waals surface area contributed by atoms with Crippen LogP contribution in [-0.2, 0) is 9.53 Å². The van der Waals surface area contributed by atoms with Gasteiger partial charge >= 0.3 is 5.97 Å². The zero-order valence-corrected chi connectivity index (χ0v) is 10.5. The number of hydrogen-bond acceptors (Lipinski definition) is 4. The number of esters is 1. The first-order valence-corrected chi connectivity index (χ1v) is 5.53. The van der Waals surface area contributed by atoms with Gasteiger partial charge in [-0.15, -0.1) is 0 Å². The third-order valence-corrected chi connectivity index (χ3v) is 2.57. The Morgan fingerprint density at radius 1 is 1.41 bits per heavy atom. The second-order valence-corrected chi connectivity index (χ2v) is 3.91. The fraction of sp³-hybridized carbons (Fsp3) is 0.333. The minimum absolute atomic E-state index is 0.0299. The Hall–Kier alpha value is -1.55. The van der Waals surface area contributed by atoms with E-state index in [-0.39, 0.29) is 18.2 Å². The number of carbonyl (C=O) groups excluding carboxylic acids is 2. The van der Waals surface area contributed by atoms with Crippen LogP contribution < -0.4 is 5.32 Å². The molecule has 1 rings (SSSR count). The highest BCUT2D eigenvalue weighted by Crippen LogP contribution is 2.23. The largest absolute Gasteiger partial charge is 0.469 e. The average molecular weight is 256 g/mol. The monoisotopic (exact) mass is 255 g/mol. The molecule has 0 aliphatic carbocycles. The van der Waals surface area contributed by atoms with Crippen molar-refractivity contribution in [2.45, 2.75) is 13.3 Å². The quantitative estimate of drug-likeness (QED) is 0.649. The lowest BCUT2D eigenvalue weighted by Crippen LogP contribution is -2.10. The minimum Gasteiger partial charge on any atom is -0.469 e. The van der Waals surface area contributed by atoms with Gasteiger partial charge in [-0.25, -0.2) is 0 Å². The number of carbonyl (C=O) groups is 2. The Morgan fingerprint density at radius 3 is 2.71 bits per heavy atom. The van der Waals surface area contributed by atoms with E-state index < -0.39 is 0 Å². The van der Waals surface area contributed by atoms with Crippen molar-refractivity contribution in [3.8, 4) is 0 Å². The van der Waals surface area contributed by atoms with Crippen LogP contribution >= 0.6 is 11.6 Å². The van der Waals surface area contributed by atoms with Crippen molar-refractivity contribution in [3.63, 3.8) is 0 Å². The molecular weight excluding hydrogens is 242 g/mol. The molecule has 17 heavy (non-hydrogen) atoms. The lowest BCUT2D eigenvalue weighted by Gasteiger charge is -2.08. The lowest BCUT2D eigenvalue weighted by molar-refractivity contribution is -0.140. The highest BCUT2D eigenvalue weighted by molar-refractivity contribution is 6.33. The Labute approximate surface area is 105 Å². The van der Waals surface area contributed by atoms with Crippen molar-refractivity contribution in [2.75, 3.05) is 19.0 Å². The number of ether oxygens (including phenoxy) is 1. The number of nitrogens with one attached hydrogen (secondary N) is 1. The summed E-state index contributed by atoms with van der Waals surface area (Å²) >= 11 is 5.96. The summed E-state index contributed by atoms with van der Waals surface area (Å²) in [5, 5.41) is 3.50. The summed E-state index contributed by atoms with van der Waals surface area (Å²) in [6, 6.07) is 4.98. The van der Waals surface area contributed by atoms with Gasteiger partial charge in [-0.05, 0) is 25.1 Å². The number of methoxy groups -OCH3 is 1. The third kappa shape index (κ3) is 4.07. The summed E-state index contributed by atoms with van der Waals surface area (Å²) in [6.07, 6.45) is 0.247. The van der Waals surface area contributed by atoms with Crippen LogP contribution in [-0.4, -0.2) is 25.4 Å². The second-order valence-electron chi connectivity index (χ2n) is 3.50. The zero-order valence-electron chi connectivity index (χ0n) is 9.75. The molecule has 0 aliphatic heterocycles. The van der Waals surface area contributed by atoms with Gasteiger partial charge < -0.3 is 10.1 Å². The fourth-order valence-electron chi connectivity index (χ4n) is 1.28. The molecule has 0 saturated carbocycles. The first-order chi connectivity index (χ1) is 8.04. The topological polar surface area (TPSA) is 55.4 Å². The van der Waals surface area contributed by atoms with Gasteiger partial charge in [0.2, 0.25) is 0 Å². The van der Waals surface area contributed by atoms with Crippen molar-refractivity contribution in [3.05, 3.63) is 28.8 Å². The number of anilines is 1. The van der Waals surface area contributed by atoms with Crippen LogP contribution in [0.2, 0.25) is 5.02 Å². The average Bonchev–Trinajstić information content (AvgIpc) is 2.30. The fourth-order valence-corrected chi connectivity index (χ4v) is 1.47. The Kier molecular flexibility index (Phi) is 4.97.